The van der Waals surface area contributed by atoms with Crippen LogP contribution in [-0.2, 0) is 16.8 Å². The summed E-state index contributed by atoms with van der Waals surface area (Å²) in [6.45, 7) is 2.44. The van der Waals surface area contributed by atoms with Crippen LogP contribution < -0.4 is 15.2 Å². The van der Waals surface area contributed by atoms with E-state index in [1.807, 2.05) is 6.07 Å². The van der Waals surface area contributed by atoms with Gasteiger partial charge in [-0.25, -0.2) is 0 Å². The number of nitrogens with two attached hydrogens (primary N) is 1. The van der Waals surface area contributed by atoms with Gasteiger partial charge >= 0.3 is 0 Å². The van der Waals surface area contributed by atoms with Gasteiger partial charge in [0.25, 0.3) is 0 Å². The van der Waals surface area contributed by atoms with Crippen molar-refractivity contribution in [1.29, 1.82) is 0 Å². The summed E-state index contributed by atoms with van der Waals surface area (Å²) < 4.78 is 17.0. The molecular formula is C17H25NO3. The van der Waals surface area contributed by atoms with E-state index in [2.05, 4.69) is 6.07 Å². The van der Waals surface area contributed by atoms with Gasteiger partial charge < -0.3 is 19.9 Å². The van der Waals surface area contributed by atoms with Crippen molar-refractivity contribution < 1.29 is 14.2 Å². The van der Waals surface area contributed by atoms with Crippen molar-refractivity contribution in [1.82, 2.24) is 0 Å². The summed E-state index contributed by atoms with van der Waals surface area (Å²) in [7, 11) is 1.73. The van der Waals surface area contributed by atoms with Crippen molar-refractivity contribution in [2.75, 3.05) is 26.9 Å². The van der Waals surface area contributed by atoms with Gasteiger partial charge in [0.15, 0.2) is 11.5 Å². The predicted molar refractivity (Wildman–Crippen MR) is 82.0 cm³/mol. The maximum absolute atomic E-state index is 6.20. The molecule has 0 atom stereocenters. The molecule has 4 nitrogen and oxygen atoms in total. The van der Waals surface area contributed by atoms with E-state index in [9.17, 15) is 0 Å². The molecule has 0 spiro atoms. The summed E-state index contributed by atoms with van der Waals surface area (Å²) in [5.74, 6) is 1.69. The Morgan fingerprint density at radius 2 is 1.90 bits per heavy atom. The molecule has 4 heteroatoms. The van der Waals surface area contributed by atoms with E-state index in [1.165, 1.54) is 24.8 Å². The van der Waals surface area contributed by atoms with Crippen LogP contribution in [0.15, 0.2) is 12.1 Å². The molecule has 0 radical (unpaired) electrons. The van der Waals surface area contributed by atoms with E-state index in [1.54, 1.807) is 7.11 Å². The number of rotatable bonds is 4. The summed E-state index contributed by atoms with van der Waals surface area (Å²) in [5.41, 5.74) is 8.70. The van der Waals surface area contributed by atoms with E-state index in [0.717, 1.165) is 29.9 Å². The summed E-state index contributed by atoms with van der Waals surface area (Å²) in [4.78, 5) is 0. The van der Waals surface area contributed by atoms with Crippen LogP contribution in [0.3, 0.4) is 0 Å². The van der Waals surface area contributed by atoms with E-state index in [4.69, 9.17) is 19.9 Å². The van der Waals surface area contributed by atoms with Gasteiger partial charge in [-0.2, -0.15) is 0 Å². The Hall–Kier alpha value is -1.26. The lowest BCUT2D eigenvalue weighted by atomic mass is 9.68. The molecule has 3 rings (SSSR count). The van der Waals surface area contributed by atoms with Gasteiger partial charge in [0, 0.05) is 24.6 Å². The second-order valence-electron chi connectivity index (χ2n) is 6.09. The first-order chi connectivity index (χ1) is 10.3. The number of fused-ring (bicyclic) bond motifs is 1. The second kappa shape index (κ2) is 6.24. The van der Waals surface area contributed by atoms with Crippen molar-refractivity contribution in [3.8, 4) is 11.5 Å². The van der Waals surface area contributed by atoms with Crippen LogP contribution in [0.5, 0.6) is 11.5 Å². The van der Waals surface area contributed by atoms with Crippen LogP contribution in [0.25, 0.3) is 0 Å². The Labute approximate surface area is 126 Å². The van der Waals surface area contributed by atoms with E-state index >= 15 is 0 Å². The molecule has 0 amide bonds. The average Bonchev–Trinajstić information content (AvgIpc) is 2.56. The SMILES string of the molecule is COCc1c(C2(CN)CCCCC2)ccc2c1OCCO2. The molecule has 2 N–H and O–H groups in total. The van der Waals surface area contributed by atoms with Gasteiger partial charge in [-0.1, -0.05) is 25.3 Å². The van der Waals surface area contributed by atoms with E-state index in [0.29, 0.717) is 26.4 Å². The minimum absolute atomic E-state index is 0.0714. The molecule has 2 aliphatic rings. The molecule has 1 fully saturated rings. The molecule has 1 aliphatic carbocycles. The molecule has 1 saturated carbocycles. The fourth-order valence-corrected chi connectivity index (χ4v) is 3.77. The topological polar surface area (TPSA) is 53.7 Å². The fraction of sp³-hybridized carbons (Fsp3) is 0.647. The van der Waals surface area contributed by atoms with Crippen molar-refractivity contribution in [2.45, 2.75) is 44.1 Å². The Balaban J connectivity index is 2.08. The quantitative estimate of drug-likeness (QED) is 0.927. The van der Waals surface area contributed by atoms with Gasteiger partial charge in [0.2, 0.25) is 0 Å². The molecule has 1 aromatic rings. The zero-order valence-corrected chi connectivity index (χ0v) is 12.8. The van der Waals surface area contributed by atoms with Gasteiger partial charge in [-0.15, -0.1) is 0 Å². The van der Waals surface area contributed by atoms with Gasteiger partial charge in [-0.3, -0.25) is 0 Å². The Morgan fingerprint density at radius 1 is 1.14 bits per heavy atom. The maximum Gasteiger partial charge on any atom is 0.167 e. The smallest absolute Gasteiger partial charge is 0.167 e. The molecule has 0 bridgehead atoms. The fourth-order valence-electron chi connectivity index (χ4n) is 3.77. The van der Waals surface area contributed by atoms with E-state index < -0.39 is 0 Å². The van der Waals surface area contributed by atoms with Crippen molar-refractivity contribution >= 4 is 0 Å². The number of methoxy groups -OCH3 is 1. The zero-order valence-electron chi connectivity index (χ0n) is 12.8. The van der Waals surface area contributed by atoms with Gasteiger partial charge in [0.05, 0.1) is 6.61 Å². The summed E-state index contributed by atoms with van der Waals surface area (Å²) >= 11 is 0. The van der Waals surface area contributed by atoms with Gasteiger partial charge in [0.1, 0.15) is 13.2 Å². The minimum Gasteiger partial charge on any atom is -0.486 e. The highest BCUT2D eigenvalue weighted by atomic mass is 16.6. The van der Waals surface area contributed by atoms with Crippen molar-refractivity contribution in [2.24, 2.45) is 5.73 Å². The van der Waals surface area contributed by atoms with Crippen molar-refractivity contribution in [3.63, 3.8) is 0 Å². The Morgan fingerprint density at radius 3 is 2.62 bits per heavy atom. The van der Waals surface area contributed by atoms with Crippen LogP contribution >= 0.6 is 0 Å². The average molecular weight is 291 g/mol. The van der Waals surface area contributed by atoms with Crippen molar-refractivity contribution in [3.05, 3.63) is 23.3 Å². The lowest BCUT2D eigenvalue weighted by Crippen LogP contribution is -2.38. The highest BCUT2D eigenvalue weighted by Crippen LogP contribution is 2.45. The van der Waals surface area contributed by atoms with Crippen LogP contribution in [0.4, 0.5) is 0 Å². The summed E-state index contributed by atoms with van der Waals surface area (Å²) in [5, 5.41) is 0. The lowest BCUT2D eigenvalue weighted by Gasteiger charge is -2.39. The maximum atomic E-state index is 6.20. The largest absolute Gasteiger partial charge is 0.486 e. The molecule has 0 aromatic heterocycles. The highest BCUT2D eigenvalue weighted by molar-refractivity contribution is 5.54. The number of hydrogen-bond donors (Lipinski definition) is 1. The number of ether oxygens (including phenoxy) is 3. The first-order valence-electron chi connectivity index (χ1n) is 7.92. The standard InChI is InChI=1S/C17H25NO3/c1-19-11-13-14(17(12-18)7-3-2-4-8-17)5-6-15-16(13)21-10-9-20-15/h5-6H,2-4,7-12,18H2,1H3. The minimum atomic E-state index is 0.0714. The predicted octanol–water partition coefficient (Wildman–Crippen LogP) is 2.76. The van der Waals surface area contributed by atoms with Crippen LogP contribution in [-0.4, -0.2) is 26.9 Å². The van der Waals surface area contributed by atoms with Crippen LogP contribution in [0.1, 0.15) is 43.2 Å². The summed E-state index contributed by atoms with van der Waals surface area (Å²) in [6, 6.07) is 4.22. The zero-order chi connectivity index (χ0) is 14.7. The molecule has 1 aromatic carbocycles. The van der Waals surface area contributed by atoms with Gasteiger partial charge in [-0.05, 0) is 24.5 Å². The third-order valence-electron chi connectivity index (χ3n) is 4.87. The third-order valence-corrected chi connectivity index (χ3v) is 4.87. The molecular weight excluding hydrogens is 266 g/mol. The third kappa shape index (κ3) is 2.62. The van der Waals surface area contributed by atoms with E-state index in [-0.39, 0.29) is 5.41 Å². The molecule has 21 heavy (non-hydrogen) atoms. The molecule has 1 aliphatic heterocycles. The second-order valence-corrected chi connectivity index (χ2v) is 6.09. The molecule has 1 heterocycles. The normalized spacial score (nSPS) is 20.3. The number of benzene rings is 1. The Bertz CT molecular complexity index is 495. The molecule has 0 saturated heterocycles. The molecule has 116 valence electrons. The first-order valence-corrected chi connectivity index (χ1v) is 7.92. The monoisotopic (exact) mass is 291 g/mol. The van der Waals surface area contributed by atoms with Crippen LogP contribution in [0, 0.1) is 0 Å². The Kier molecular flexibility index (Phi) is 4.36. The number of hydrogen-bond acceptors (Lipinski definition) is 4. The lowest BCUT2D eigenvalue weighted by molar-refractivity contribution is 0.150. The highest BCUT2D eigenvalue weighted by Gasteiger charge is 2.36. The van der Waals surface area contributed by atoms with Crippen LogP contribution in [0.2, 0.25) is 0 Å². The summed E-state index contributed by atoms with van der Waals surface area (Å²) in [6.07, 6.45) is 6.11. The first kappa shape index (κ1) is 14.7. The molecule has 0 unspecified atom stereocenters.